The number of anilines is 1. The average Bonchev–Trinajstić information content (AvgIpc) is 2.71. The Morgan fingerprint density at radius 2 is 2.31 bits per heavy atom. The van der Waals surface area contributed by atoms with Gasteiger partial charge in [0.25, 0.3) is 0 Å². The van der Waals surface area contributed by atoms with Gasteiger partial charge < -0.3 is 9.64 Å². The number of amides is 1. The SMILES string of the molecule is COc1cccc2c1CCN2C(=O)[C@H](C)Cl. The largest absolute Gasteiger partial charge is 0.496 e. The summed E-state index contributed by atoms with van der Waals surface area (Å²) in [4.78, 5) is 13.6. The van der Waals surface area contributed by atoms with Crippen molar-refractivity contribution in [3.05, 3.63) is 23.8 Å². The fourth-order valence-corrected chi connectivity index (χ4v) is 2.15. The minimum absolute atomic E-state index is 0.0475. The van der Waals surface area contributed by atoms with Crippen molar-refractivity contribution >= 4 is 23.2 Å². The maximum atomic E-state index is 11.9. The van der Waals surface area contributed by atoms with Gasteiger partial charge in [-0.3, -0.25) is 4.79 Å². The molecule has 2 rings (SSSR count). The number of benzene rings is 1. The van der Waals surface area contributed by atoms with E-state index in [1.165, 1.54) is 0 Å². The van der Waals surface area contributed by atoms with E-state index in [0.29, 0.717) is 6.54 Å². The van der Waals surface area contributed by atoms with Gasteiger partial charge in [0.1, 0.15) is 11.1 Å². The van der Waals surface area contributed by atoms with Crippen LogP contribution >= 0.6 is 11.6 Å². The van der Waals surface area contributed by atoms with Gasteiger partial charge >= 0.3 is 0 Å². The normalized spacial score (nSPS) is 15.8. The first-order valence-electron chi connectivity index (χ1n) is 5.26. The fourth-order valence-electron chi connectivity index (χ4n) is 2.04. The molecule has 1 amide bonds. The lowest BCUT2D eigenvalue weighted by molar-refractivity contribution is -0.117. The molecule has 0 N–H and O–H groups in total. The quantitative estimate of drug-likeness (QED) is 0.741. The zero-order valence-corrected chi connectivity index (χ0v) is 10.1. The molecule has 1 aliphatic rings. The van der Waals surface area contributed by atoms with Gasteiger partial charge in [-0.1, -0.05) is 6.07 Å². The van der Waals surface area contributed by atoms with E-state index in [-0.39, 0.29) is 5.91 Å². The first-order chi connectivity index (χ1) is 7.65. The maximum absolute atomic E-state index is 11.9. The van der Waals surface area contributed by atoms with Crippen LogP contribution in [-0.2, 0) is 11.2 Å². The number of nitrogens with zero attached hydrogens (tertiary/aromatic N) is 1. The highest BCUT2D eigenvalue weighted by atomic mass is 35.5. The highest BCUT2D eigenvalue weighted by Gasteiger charge is 2.28. The van der Waals surface area contributed by atoms with Gasteiger partial charge in [-0.2, -0.15) is 0 Å². The van der Waals surface area contributed by atoms with Crippen molar-refractivity contribution in [3.8, 4) is 5.75 Å². The summed E-state index contributed by atoms with van der Waals surface area (Å²) in [6, 6.07) is 5.74. The molecule has 0 aliphatic carbocycles. The van der Waals surface area contributed by atoms with E-state index in [4.69, 9.17) is 16.3 Å². The molecule has 1 aromatic rings. The van der Waals surface area contributed by atoms with Gasteiger partial charge in [0.2, 0.25) is 5.91 Å². The lowest BCUT2D eigenvalue weighted by Crippen LogP contribution is -2.34. The molecule has 1 aromatic carbocycles. The molecule has 0 spiro atoms. The van der Waals surface area contributed by atoms with Crippen LogP contribution in [0.5, 0.6) is 5.75 Å². The van der Waals surface area contributed by atoms with Crippen LogP contribution in [0.3, 0.4) is 0 Å². The summed E-state index contributed by atoms with van der Waals surface area (Å²) in [7, 11) is 1.64. The molecule has 0 saturated carbocycles. The predicted octanol–water partition coefficient (Wildman–Crippen LogP) is 2.21. The Morgan fingerprint density at radius 3 is 2.94 bits per heavy atom. The number of carbonyl (C=O) groups is 1. The highest BCUT2D eigenvalue weighted by molar-refractivity contribution is 6.32. The van der Waals surface area contributed by atoms with Crippen molar-refractivity contribution in [1.82, 2.24) is 0 Å². The standard InChI is InChI=1S/C12H14ClNO2/c1-8(13)12(15)14-7-6-9-10(14)4-3-5-11(9)16-2/h3-5,8H,6-7H2,1-2H3/t8-/m0/s1. The minimum atomic E-state index is -0.489. The zero-order valence-electron chi connectivity index (χ0n) is 9.37. The average molecular weight is 240 g/mol. The number of alkyl halides is 1. The van der Waals surface area contributed by atoms with Gasteiger partial charge in [-0.05, 0) is 25.5 Å². The van der Waals surface area contributed by atoms with Crippen LogP contribution in [0.15, 0.2) is 18.2 Å². The predicted molar refractivity (Wildman–Crippen MR) is 64.4 cm³/mol. The van der Waals surface area contributed by atoms with Crippen LogP contribution in [-0.4, -0.2) is 24.9 Å². The number of ether oxygens (including phenoxy) is 1. The molecule has 0 unspecified atom stereocenters. The van der Waals surface area contributed by atoms with Crippen molar-refractivity contribution in [2.24, 2.45) is 0 Å². The topological polar surface area (TPSA) is 29.5 Å². The molecule has 1 aliphatic heterocycles. The van der Waals surface area contributed by atoms with Crippen molar-refractivity contribution in [3.63, 3.8) is 0 Å². The highest BCUT2D eigenvalue weighted by Crippen LogP contribution is 2.35. The third-order valence-electron chi connectivity index (χ3n) is 2.81. The monoisotopic (exact) mass is 239 g/mol. The van der Waals surface area contributed by atoms with Crippen LogP contribution in [0.1, 0.15) is 12.5 Å². The molecule has 0 fully saturated rings. The molecule has 0 saturated heterocycles. The first-order valence-corrected chi connectivity index (χ1v) is 5.70. The number of methoxy groups -OCH3 is 1. The summed E-state index contributed by atoms with van der Waals surface area (Å²) in [6.45, 7) is 2.38. The van der Waals surface area contributed by atoms with Crippen molar-refractivity contribution in [1.29, 1.82) is 0 Å². The Balaban J connectivity index is 2.37. The molecular formula is C12H14ClNO2. The van der Waals surface area contributed by atoms with Gasteiger partial charge in [-0.25, -0.2) is 0 Å². The Bertz CT molecular complexity index is 417. The lowest BCUT2D eigenvalue weighted by atomic mass is 10.1. The maximum Gasteiger partial charge on any atom is 0.244 e. The second-order valence-corrected chi connectivity index (χ2v) is 4.47. The number of fused-ring (bicyclic) bond motifs is 1. The smallest absolute Gasteiger partial charge is 0.244 e. The van der Waals surface area contributed by atoms with Gasteiger partial charge in [0, 0.05) is 12.1 Å². The number of rotatable bonds is 2. The molecule has 1 heterocycles. The summed E-state index contributed by atoms with van der Waals surface area (Å²) in [5, 5.41) is -0.489. The van der Waals surface area contributed by atoms with Gasteiger partial charge in [0.15, 0.2) is 0 Å². The fraction of sp³-hybridized carbons (Fsp3) is 0.417. The molecule has 16 heavy (non-hydrogen) atoms. The van der Waals surface area contributed by atoms with Gasteiger partial charge in [-0.15, -0.1) is 11.6 Å². The van der Waals surface area contributed by atoms with Crippen LogP contribution < -0.4 is 9.64 Å². The Morgan fingerprint density at radius 1 is 1.56 bits per heavy atom. The van der Waals surface area contributed by atoms with Crippen molar-refractivity contribution in [2.45, 2.75) is 18.7 Å². The van der Waals surface area contributed by atoms with Gasteiger partial charge in [0.05, 0.1) is 12.8 Å². The summed E-state index contributed by atoms with van der Waals surface area (Å²) < 4.78 is 5.27. The first kappa shape index (κ1) is 11.3. The van der Waals surface area contributed by atoms with E-state index in [1.807, 2.05) is 18.2 Å². The van der Waals surface area contributed by atoms with Crippen LogP contribution in [0.25, 0.3) is 0 Å². The Labute approximate surface area is 100.0 Å². The third-order valence-corrected chi connectivity index (χ3v) is 3.00. The van der Waals surface area contributed by atoms with E-state index in [2.05, 4.69) is 0 Å². The summed E-state index contributed by atoms with van der Waals surface area (Å²) in [5.41, 5.74) is 2.02. The molecule has 0 bridgehead atoms. The van der Waals surface area contributed by atoms with E-state index < -0.39 is 5.38 Å². The molecule has 0 aromatic heterocycles. The molecule has 86 valence electrons. The number of hydrogen-bond acceptors (Lipinski definition) is 2. The third kappa shape index (κ3) is 1.76. The van der Waals surface area contributed by atoms with E-state index >= 15 is 0 Å². The number of halogens is 1. The Kier molecular flexibility index (Phi) is 3.06. The molecule has 4 heteroatoms. The van der Waals surface area contributed by atoms with Crippen molar-refractivity contribution < 1.29 is 9.53 Å². The molecule has 0 radical (unpaired) electrons. The number of hydrogen-bond donors (Lipinski definition) is 0. The Hall–Kier alpha value is -1.22. The van der Waals surface area contributed by atoms with Crippen LogP contribution in [0.4, 0.5) is 5.69 Å². The summed E-state index contributed by atoms with van der Waals surface area (Å²) in [6.07, 6.45) is 0.828. The van der Waals surface area contributed by atoms with Crippen molar-refractivity contribution in [2.75, 3.05) is 18.6 Å². The minimum Gasteiger partial charge on any atom is -0.496 e. The second-order valence-electron chi connectivity index (χ2n) is 3.81. The molecular weight excluding hydrogens is 226 g/mol. The number of carbonyl (C=O) groups excluding carboxylic acids is 1. The van der Waals surface area contributed by atoms with Crippen LogP contribution in [0.2, 0.25) is 0 Å². The summed E-state index contributed by atoms with van der Waals surface area (Å²) in [5.74, 6) is 0.795. The lowest BCUT2D eigenvalue weighted by Gasteiger charge is -2.18. The molecule has 3 nitrogen and oxygen atoms in total. The second kappa shape index (κ2) is 4.34. The van der Waals surface area contributed by atoms with E-state index in [9.17, 15) is 4.79 Å². The zero-order chi connectivity index (χ0) is 11.7. The summed E-state index contributed by atoms with van der Waals surface area (Å²) >= 11 is 5.83. The van der Waals surface area contributed by atoms with E-state index in [1.54, 1.807) is 18.9 Å². The van der Waals surface area contributed by atoms with E-state index in [0.717, 1.165) is 23.4 Å². The molecule has 1 atom stereocenters. The van der Waals surface area contributed by atoms with Crippen LogP contribution in [0, 0.1) is 0 Å².